The van der Waals surface area contributed by atoms with Crippen LogP contribution < -0.4 is 16.0 Å². The fraction of sp³-hybridized carbons (Fsp3) is 0.750. The van der Waals surface area contributed by atoms with Crippen LogP contribution in [0.1, 0.15) is 209 Å². The van der Waals surface area contributed by atoms with Gasteiger partial charge in [-0.3, -0.25) is 14.4 Å². The summed E-state index contributed by atoms with van der Waals surface area (Å²) in [6, 6.07) is 1.22. The number of hydrogen-bond donors (Lipinski definition) is 3. The molecule has 3 amide bonds. The first-order valence-electron chi connectivity index (χ1n) is 22.8. The number of nitrogens with one attached hydrogen (secondary N) is 3. The fourth-order valence-electron chi connectivity index (χ4n) is 8.78. The number of benzene rings is 1. The minimum absolute atomic E-state index is 0.0350. The summed E-state index contributed by atoms with van der Waals surface area (Å²) in [6.07, 6.45) is 16.5. The summed E-state index contributed by atoms with van der Waals surface area (Å²) < 4.78 is 17.3. The molecule has 0 heterocycles. The van der Waals surface area contributed by atoms with Crippen LogP contribution in [0.3, 0.4) is 0 Å². The van der Waals surface area contributed by atoms with E-state index in [1.54, 1.807) is 62.3 Å². The summed E-state index contributed by atoms with van der Waals surface area (Å²) in [5, 5.41) is 8.66. The molecule has 3 aliphatic rings. The Kier molecular flexibility index (Phi) is 17.6. The molecule has 0 aliphatic heterocycles. The standard InChI is InChI=1S/C48H75N3O9/c1-46(2,3)58-43(55)37(25-31-19-13-10-14-20-31)49-40(52)34-28-35(41(53)50-38(44(56)59-47(4,5)6)26-32-21-15-11-16-22-32)30-36(29-34)42(54)51-39(45(57)60-48(7,8)9)27-33-23-17-12-18-24-33/h28-33,37-39H,10-27H2,1-9H3,(H,49,52)(H,50,53)(H,51,54)/t37-,38-,39-/m0/s1. The van der Waals surface area contributed by atoms with Crippen molar-refractivity contribution in [1.29, 1.82) is 0 Å². The van der Waals surface area contributed by atoms with Gasteiger partial charge in [-0.2, -0.15) is 0 Å². The third kappa shape index (κ3) is 16.8. The van der Waals surface area contributed by atoms with Crippen LogP contribution in [0.15, 0.2) is 18.2 Å². The molecular formula is C48H75N3O9. The zero-order valence-electron chi connectivity index (χ0n) is 38.1. The molecule has 0 spiro atoms. The molecule has 3 saturated carbocycles. The highest BCUT2D eigenvalue weighted by molar-refractivity contribution is 6.06. The van der Waals surface area contributed by atoms with E-state index in [0.29, 0.717) is 19.3 Å². The smallest absolute Gasteiger partial charge is 0.329 e. The molecule has 1 aromatic carbocycles. The molecule has 12 nitrogen and oxygen atoms in total. The van der Waals surface area contributed by atoms with Crippen LogP contribution in [-0.2, 0) is 28.6 Å². The van der Waals surface area contributed by atoms with Crippen molar-refractivity contribution in [3.05, 3.63) is 34.9 Å². The molecule has 3 fully saturated rings. The molecule has 3 aliphatic carbocycles. The molecule has 0 unspecified atom stereocenters. The molecular weight excluding hydrogens is 763 g/mol. The highest BCUT2D eigenvalue weighted by Crippen LogP contribution is 2.31. The zero-order chi connectivity index (χ0) is 44.3. The van der Waals surface area contributed by atoms with E-state index in [-0.39, 0.29) is 34.4 Å². The lowest BCUT2D eigenvalue weighted by Gasteiger charge is -2.29. The second-order valence-corrected chi connectivity index (χ2v) is 20.7. The molecule has 60 heavy (non-hydrogen) atoms. The van der Waals surface area contributed by atoms with Crippen molar-refractivity contribution in [2.75, 3.05) is 0 Å². The lowest BCUT2D eigenvalue weighted by atomic mass is 9.84. The monoisotopic (exact) mass is 838 g/mol. The first-order valence-corrected chi connectivity index (χ1v) is 22.8. The third-order valence-electron chi connectivity index (χ3n) is 11.6. The van der Waals surface area contributed by atoms with E-state index < -0.39 is 70.6 Å². The highest BCUT2D eigenvalue weighted by atomic mass is 16.6. The Hall–Kier alpha value is -3.96. The number of esters is 3. The summed E-state index contributed by atoms with van der Waals surface area (Å²) in [7, 11) is 0. The topological polar surface area (TPSA) is 166 Å². The van der Waals surface area contributed by atoms with Crippen molar-refractivity contribution in [1.82, 2.24) is 16.0 Å². The van der Waals surface area contributed by atoms with E-state index in [4.69, 9.17) is 14.2 Å². The molecule has 3 atom stereocenters. The largest absolute Gasteiger partial charge is 0.458 e. The number of amides is 3. The Balaban J connectivity index is 1.71. The Morgan fingerprint density at radius 3 is 0.850 bits per heavy atom. The average molecular weight is 838 g/mol. The number of carbonyl (C=O) groups is 6. The molecule has 1 aromatic rings. The Labute approximate surface area is 359 Å². The van der Waals surface area contributed by atoms with E-state index >= 15 is 0 Å². The zero-order valence-corrected chi connectivity index (χ0v) is 38.1. The predicted molar refractivity (Wildman–Crippen MR) is 231 cm³/mol. The van der Waals surface area contributed by atoms with Gasteiger partial charge in [-0.25, -0.2) is 14.4 Å². The van der Waals surface area contributed by atoms with Crippen molar-refractivity contribution in [3.63, 3.8) is 0 Å². The van der Waals surface area contributed by atoms with Crippen LogP contribution in [0.5, 0.6) is 0 Å². The summed E-state index contributed by atoms with van der Waals surface area (Å²) in [5.74, 6) is -3.00. The summed E-state index contributed by atoms with van der Waals surface area (Å²) in [5.41, 5.74) is -2.48. The Morgan fingerprint density at radius 1 is 0.433 bits per heavy atom. The van der Waals surface area contributed by atoms with Gasteiger partial charge in [0.15, 0.2) is 0 Å². The van der Waals surface area contributed by atoms with Crippen LogP contribution in [0.4, 0.5) is 0 Å². The van der Waals surface area contributed by atoms with Gasteiger partial charge in [-0.05, 0) is 118 Å². The maximum absolute atomic E-state index is 14.3. The van der Waals surface area contributed by atoms with Gasteiger partial charge in [0.1, 0.15) is 34.9 Å². The Morgan fingerprint density at radius 2 is 0.650 bits per heavy atom. The van der Waals surface area contributed by atoms with Gasteiger partial charge in [-0.1, -0.05) is 96.3 Å². The second-order valence-electron chi connectivity index (χ2n) is 20.7. The van der Waals surface area contributed by atoms with Crippen LogP contribution in [0.25, 0.3) is 0 Å². The molecule has 12 heteroatoms. The van der Waals surface area contributed by atoms with E-state index in [2.05, 4.69) is 16.0 Å². The first kappa shape index (κ1) is 48.7. The van der Waals surface area contributed by atoms with Crippen molar-refractivity contribution >= 4 is 35.6 Å². The Bertz CT molecular complexity index is 1430. The molecule has 0 saturated heterocycles. The van der Waals surface area contributed by atoms with Crippen LogP contribution >= 0.6 is 0 Å². The lowest BCUT2D eigenvalue weighted by molar-refractivity contribution is -0.158. The van der Waals surface area contributed by atoms with Gasteiger partial charge < -0.3 is 30.2 Å². The minimum atomic E-state index is -0.964. The quantitative estimate of drug-likeness (QED) is 0.116. The number of rotatable bonds is 15. The fourth-order valence-corrected chi connectivity index (χ4v) is 8.78. The minimum Gasteiger partial charge on any atom is -0.458 e. The first-order chi connectivity index (χ1) is 28.0. The van der Waals surface area contributed by atoms with Gasteiger partial charge in [0, 0.05) is 16.7 Å². The second kappa shape index (κ2) is 21.7. The maximum Gasteiger partial charge on any atom is 0.329 e. The molecule has 0 aromatic heterocycles. The van der Waals surface area contributed by atoms with E-state index in [9.17, 15) is 28.8 Å². The molecule has 336 valence electrons. The lowest BCUT2D eigenvalue weighted by Crippen LogP contribution is -2.46. The molecule has 0 bridgehead atoms. The normalized spacial score (nSPS) is 18.9. The van der Waals surface area contributed by atoms with Crippen molar-refractivity contribution in [2.45, 2.75) is 213 Å². The van der Waals surface area contributed by atoms with Crippen LogP contribution in [-0.4, -0.2) is 70.6 Å². The van der Waals surface area contributed by atoms with Gasteiger partial charge in [0.2, 0.25) is 0 Å². The van der Waals surface area contributed by atoms with Gasteiger partial charge in [0.05, 0.1) is 0 Å². The van der Waals surface area contributed by atoms with E-state index in [1.165, 1.54) is 18.2 Å². The van der Waals surface area contributed by atoms with Crippen molar-refractivity contribution in [3.8, 4) is 0 Å². The van der Waals surface area contributed by atoms with Crippen LogP contribution in [0, 0.1) is 17.8 Å². The highest BCUT2D eigenvalue weighted by Gasteiger charge is 2.34. The SMILES string of the molecule is CC(C)(C)OC(=O)[C@H](CC1CCCCC1)NC(=O)c1cc(C(=O)N[C@@H](CC2CCCCC2)C(=O)OC(C)(C)C)cc(C(=O)N[C@@H](CC2CCCCC2)C(=O)OC(C)(C)C)c1. The van der Waals surface area contributed by atoms with Gasteiger partial charge >= 0.3 is 17.9 Å². The summed E-state index contributed by atoms with van der Waals surface area (Å²) in [6.45, 7) is 16.0. The van der Waals surface area contributed by atoms with Gasteiger partial charge in [-0.15, -0.1) is 0 Å². The number of hydrogen-bond acceptors (Lipinski definition) is 9. The van der Waals surface area contributed by atoms with E-state index in [0.717, 1.165) is 96.3 Å². The maximum atomic E-state index is 14.3. The molecule has 0 radical (unpaired) electrons. The van der Waals surface area contributed by atoms with Crippen molar-refractivity contribution < 1.29 is 43.0 Å². The molecule has 3 N–H and O–H groups in total. The number of ether oxygens (including phenoxy) is 3. The van der Waals surface area contributed by atoms with Crippen LogP contribution in [0.2, 0.25) is 0 Å². The summed E-state index contributed by atoms with van der Waals surface area (Å²) in [4.78, 5) is 83.6. The van der Waals surface area contributed by atoms with Gasteiger partial charge in [0.25, 0.3) is 17.7 Å². The van der Waals surface area contributed by atoms with E-state index in [1.807, 2.05) is 0 Å². The number of carbonyl (C=O) groups excluding carboxylic acids is 6. The predicted octanol–water partition coefficient (Wildman–Crippen LogP) is 8.92. The molecule has 4 rings (SSSR count). The van der Waals surface area contributed by atoms with Crippen molar-refractivity contribution in [2.24, 2.45) is 17.8 Å². The third-order valence-corrected chi connectivity index (χ3v) is 11.6. The average Bonchev–Trinajstić information content (AvgIpc) is 3.16. The summed E-state index contributed by atoms with van der Waals surface area (Å²) >= 11 is 0.